The van der Waals surface area contributed by atoms with Gasteiger partial charge in [-0.1, -0.05) is 12.1 Å². The van der Waals surface area contributed by atoms with Crippen LogP contribution in [0.25, 0.3) is 0 Å². The van der Waals surface area contributed by atoms with Crippen molar-refractivity contribution < 1.29 is 14.5 Å². The first-order chi connectivity index (χ1) is 11.4. The predicted molar refractivity (Wildman–Crippen MR) is 89.7 cm³/mol. The van der Waals surface area contributed by atoms with E-state index in [1.54, 1.807) is 12.1 Å². The minimum Gasteiger partial charge on any atom is -0.389 e. The number of nitro groups is 1. The zero-order valence-corrected chi connectivity index (χ0v) is 13.8. The largest absolute Gasteiger partial charge is 0.389 e. The monoisotopic (exact) mass is 331 g/mol. The zero-order chi connectivity index (χ0) is 17.7. The topological polar surface area (TPSA) is 92.6 Å². The van der Waals surface area contributed by atoms with Gasteiger partial charge in [-0.25, -0.2) is 0 Å². The van der Waals surface area contributed by atoms with Gasteiger partial charge in [-0.2, -0.15) is 0 Å². The molecule has 2 rings (SSSR count). The zero-order valence-electron chi connectivity index (χ0n) is 13.8. The Hall–Kier alpha value is -2.54. The number of ketones is 2. The van der Waals surface area contributed by atoms with Gasteiger partial charge in [0.2, 0.25) is 0 Å². The van der Waals surface area contributed by atoms with Crippen LogP contribution in [0.1, 0.15) is 24.3 Å². The second-order valence-corrected chi connectivity index (χ2v) is 6.12. The summed E-state index contributed by atoms with van der Waals surface area (Å²) < 4.78 is 0. The van der Waals surface area contributed by atoms with Crippen molar-refractivity contribution in [2.24, 2.45) is 0 Å². The molecule has 0 aromatic heterocycles. The van der Waals surface area contributed by atoms with Crippen molar-refractivity contribution in [1.29, 1.82) is 0 Å². The molecule has 1 fully saturated rings. The molecule has 1 aromatic carbocycles. The molecule has 0 saturated heterocycles. The highest BCUT2D eigenvalue weighted by molar-refractivity contribution is 6.22. The van der Waals surface area contributed by atoms with Crippen LogP contribution in [0.4, 0.5) is 5.69 Å². The van der Waals surface area contributed by atoms with E-state index in [0.717, 1.165) is 6.54 Å². The van der Waals surface area contributed by atoms with Gasteiger partial charge in [0.05, 0.1) is 10.5 Å². The number of likely N-dealkylation sites (N-methyl/N-ethyl adjacent to an activating group) is 1. The van der Waals surface area contributed by atoms with Crippen molar-refractivity contribution in [2.75, 3.05) is 27.2 Å². The Kier molecular flexibility index (Phi) is 5.81. The number of carbonyl (C=O) groups is 2. The molecule has 1 aliphatic carbocycles. The number of allylic oxidation sites excluding steroid dienone is 1. The van der Waals surface area contributed by atoms with Gasteiger partial charge in [0.15, 0.2) is 11.6 Å². The SMILES string of the molecule is CN(C)CCNC=C1C(=O)CC(c2cccc([N+](=O)[O-])c2)CC1=O. The highest BCUT2D eigenvalue weighted by Gasteiger charge is 2.31. The van der Waals surface area contributed by atoms with Gasteiger partial charge in [-0.3, -0.25) is 19.7 Å². The quantitative estimate of drug-likeness (QED) is 0.280. The van der Waals surface area contributed by atoms with Gasteiger partial charge in [-0.05, 0) is 25.6 Å². The van der Waals surface area contributed by atoms with Crippen LogP contribution in [-0.4, -0.2) is 48.6 Å². The molecule has 128 valence electrons. The van der Waals surface area contributed by atoms with Gasteiger partial charge in [0.25, 0.3) is 5.69 Å². The molecule has 7 heteroatoms. The minimum absolute atomic E-state index is 0.0286. The van der Waals surface area contributed by atoms with E-state index in [0.29, 0.717) is 12.1 Å². The van der Waals surface area contributed by atoms with Crippen LogP contribution in [0.5, 0.6) is 0 Å². The third-order valence-electron chi connectivity index (χ3n) is 3.97. The summed E-state index contributed by atoms with van der Waals surface area (Å²) in [7, 11) is 3.88. The molecule has 0 aliphatic heterocycles. The number of benzene rings is 1. The fourth-order valence-electron chi connectivity index (χ4n) is 2.65. The predicted octanol–water partition coefficient (Wildman–Crippen LogP) is 1.65. The minimum atomic E-state index is -0.476. The normalized spacial score (nSPS) is 18.0. The Balaban J connectivity index is 2.06. The molecule has 1 aromatic rings. The van der Waals surface area contributed by atoms with Crippen LogP contribution in [-0.2, 0) is 9.59 Å². The Bertz CT molecular complexity index is 662. The van der Waals surface area contributed by atoms with E-state index in [-0.39, 0.29) is 41.6 Å². The maximum Gasteiger partial charge on any atom is 0.269 e. The van der Waals surface area contributed by atoms with E-state index in [2.05, 4.69) is 5.32 Å². The van der Waals surface area contributed by atoms with Crippen molar-refractivity contribution in [3.63, 3.8) is 0 Å². The van der Waals surface area contributed by atoms with Crippen molar-refractivity contribution in [3.05, 3.63) is 51.7 Å². The van der Waals surface area contributed by atoms with E-state index in [1.807, 2.05) is 19.0 Å². The number of hydrogen-bond donors (Lipinski definition) is 1. The average Bonchev–Trinajstić information content (AvgIpc) is 2.53. The highest BCUT2D eigenvalue weighted by Crippen LogP contribution is 2.32. The molecule has 0 unspecified atom stereocenters. The van der Waals surface area contributed by atoms with E-state index in [1.165, 1.54) is 18.3 Å². The lowest BCUT2D eigenvalue weighted by Crippen LogP contribution is -2.28. The van der Waals surface area contributed by atoms with Gasteiger partial charge < -0.3 is 10.2 Å². The van der Waals surface area contributed by atoms with Crippen LogP contribution in [0, 0.1) is 10.1 Å². The highest BCUT2D eigenvalue weighted by atomic mass is 16.6. The van der Waals surface area contributed by atoms with Crippen LogP contribution in [0.2, 0.25) is 0 Å². The Morgan fingerprint density at radius 1 is 1.29 bits per heavy atom. The maximum absolute atomic E-state index is 12.3. The summed E-state index contributed by atoms with van der Waals surface area (Å²) in [5.74, 6) is -0.746. The summed E-state index contributed by atoms with van der Waals surface area (Å²) in [4.78, 5) is 36.9. The van der Waals surface area contributed by atoms with Gasteiger partial charge in [-0.15, -0.1) is 0 Å². The van der Waals surface area contributed by atoms with Crippen molar-refractivity contribution in [1.82, 2.24) is 10.2 Å². The average molecular weight is 331 g/mol. The fraction of sp³-hybridized carbons (Fsp3) is 0.412. The number of hydrogen-bond acceptors (Lipinski definition) is 6. The smallest absolute Gasteiger partial charge is 0.269 e. The second kappa shape index (κ2) is 7.83. The molecule has 0 amide bonds. The van der Waals surface area contributed by atoms with E-state index in [9.17, 15) is 19.7 Å². The molecular weight excluding hydrogens is 310 g/mol. The van der Waals surface area contributed by atoms with Crippen LogP contribution < -0.4 is 5.32 Å². The summed E-state index contributed by atoms with van der Waals surface area (Å²) in [5.41, 5.74) is 0.819. The number of non-ortho nitro benzene ring substituents is 1. The standard InChI is InChI=1S/C17H21N3O4/c1-19(2)7-6-18-11-15-16(21)9-13(10-17(15)22)12-4-3-5-14(8-12)20(23)24/h3-5,8,11,13,18H,6-7,9-10H2,1-2H3. The third kappa shape index (κ3) is 4.48. The number of nitrogens with zero attached hydrogens (tertiary/aromatic N) is 2. The van der Waals surface area contributed by atoms with Crippen LogP contribution >= 0.6 is 0 Å². The number of nitrogens with one attached hydrogen (secondary N) is 1. The number of rotatable bonds is 6. The first-order valence-corrected chi connectivity index (χ1v) is 7.77. The molecule has 1 aliphatic rings. The molecule has 24 heavy (non-hydrogen) atoms. The maximum atomic E-state index is 12.3. The first-order valence-electron chi connectivity index (χ1n) is 7.77. The lowest BCUT2D eigenvalue weighted by Gasteiger charge is -2.22. The first kappa shape index (κ1) is 17.8. The van der Waals surface area contributed by atoms with Gasteiger partial charge >= 0.3 is 0 Å². The third-order valence-corrected chi connectivity index (χ3v) is 3.97. The molecular formula is C17H21N3O4. The molecule has 0 atom stereocenters. The lowest BCUT2D eigenvalue weighted by atomic mass is 9.80. The van der Waals surface area contributed by atoms with Crippen molar-refractivity contribution >= 4 is 17.3 Å². The second-order valence-electron chi connectivity index (χ2n) is 6.12. The number of Topliss-reactive ketones (excluding diaryl/α,β-unsaturated/α-hetero) is 2. The van der Waals surface area contributed by atoms with E-state index in [4.69, 9.17) is 0 Å². The summed E-state index contributed by atoms with van der Waals surface area (Å²) in [5, 5.41) is 13.9. The van der Waals surface area contributed by atoms with Crippen LogP contribution in [0.3, 0.4) is 0 Å². The van der Waals surface area contributed by atoms with Crippen molar-refractivity contribution in [3.8, 4) is 0 Å². The molecule has 0 radical (unpaired) electrons. The van der Waals surface area contributed by atoms with E-state index < -0.39 is 4.92 Å². The number of carbonyl (C=O) groups excluding carboxylic acids is 2. The summed E-state index contributed by atoms with van der Waals surface area (Å²) in [6, 6.07) is 6.14. The van der Waals surface area contributed by atoms with Crippen molar-refractivity contribution in [2.45, 2.75) is 18.8 Å². The van der Waals surface area contributed by atoms with Gasteiger partial charge in [0.1, 0.15) is 0 Å². The molecule has 7 nitrogen and oxygen atoms in total. The molecule has 0 heterocycles. The summed E-state index contributed by atoms with van der Waals surface area (Å²) >= 11 is 0. The van der Waals surface area contributed by atoms with Crippen LogP contribution in [0.15, 0.2) is 36.0 Å². The van der Waals surface area contributed by atoms with Gasteiger partial charge in [0, 0.05) is 44.3 Å². The molecule has 0 bridgehead atoms. The molecule has 1 N–H and O–H groups in total. The molecule has 0 spiro atoms. The lowest BCUT2D eigenvalue weighted by molar-refractivity contribution is -0.384. The Morgan fingerprint density at radius 3 is 2.54 bits per heavy atom. The summed E-state index contributed by atoms with van der Waals surface area (Å²) in [6.07, 6.45) is 1.88. The fourth-order valence-corrected chi connectivity index (χ4v) is 2.65. The Morgan fingerprint density at radius 2 is 1.96 bits per heavy atom. The van der Waals surface area contributed by atoms with E-state index >= 15 is 0 Å². The molecule has 1 saturated carbocycles. The Labute approximate surface area is 140 Å². The number of nitro benzene ring substituents is 1. The summed E-state index contributed by atoms with van der Waals surface area (Å²) in [6.45, 7) is 1.44.